The van der Waals surface area contributed by atoms with Gasteiger partial charge in [-0.05, 0) is 35.8 Å². The minimum Gasteiger partial charge on any atom is -0.0985 e. The average Bonchev–Trinajstić information content (AvgIpc) is 2.20. The Kier molecular flexibility index (Phi) is 3.90. The molecule has 0 N–H and O–H groups in total. The van der Waals surface area contributed by atoms with E-state index in [1.165, 1.54) is 11.1 Å². The zero-order valence-corrected chi connectivity index (χ0v) is 9.84. The van der Waals surface area contributed by atoms with Crippen LogP contribution in [0.4, 0.5) is 0 Å². The quantitative estimate of drug-likeness (QED) is 0.687. The average molecular weight is 249 g/mol. The summed E-state index contributed by atoms with van der Waals surface area (Å²) in [6.45, 7) is 9.59. The van der Waals surface area contributed by atoms with Crippen LogP contribution in [0.2, 0.25) is 0 Å². The highest BCUT2D eigenvalue weighted by Gasteiger charge is 1.98. The van der Waals surface area contributed by atoms with E-state index in [0.717, 1.165) is 10.0 Å². The smallest absolute Gasteiger partial charge is 0.0175 e. The molecule has 0 aliphatic rings. The topological polar surface area (TPSA) is 0 Å². The van der Waals surface area contributed by atoms with Crippen molar-refractivity contribution in [1.29, 1.82) is 0 Å². The lowest BCUT2D eigenvalue weighted by molar-refractivity contribution is 1.51. The van der Waals surface area contributed by atoms with Crippen LogP contribution in [0.5, 0.6) is 0 Å². The number of hydrogen-bond donors (Lipinski definition) is 0. The first-order valence-electron chi connectivity index (χ1n) is 4.40. The Morgan fingerprint density at radius 1 is 1.14 bits per heavy atom. The molecule has 0 saturated heterocycles. The summed E-state index contributed by atoms with van der Waals surface area (Å²) in [6.07, 6.45) is 3.65. The zero-order chi connectivity index (χ0) is 10.6. The molecule has 0 bridgehead atoms. The fourth-order valence-corrected chi connectivity index (χ4v) is 1.52. The molecule has 0 nitrogen and oxygen atoms in total. The Morgan fingerprint density at radius 2 is 1.64 bits per heavy atom. The fraction of sp³-hybridized carbons (Fsp3) is 0.0769. The van der Waals surface area contributed by atoms with Crippen molar-refractivity contribution < 1.29 is 0 Å². The maximum atomic E-state index is 3.76. The summed E-state index contributed by atoms with van der Waals surface area (Å²) >= 11 is 3.41. The third-order valence-corrected chi connectivity index (χ3v) is 2.68. The van der Waals surface area contributed by atoms with Crippen LogP contribution < -0.4 is 0 Å². The largest absolute Gasteiger partial charge is 0.0985 e. The van der Waals surface area contributed by atoms with E-state index < -0.39 is 0 Å². The Bertz CT molecular complexity index is 359. The lowest BCUT2D eigenvalue weighted by atomic mass is 10.0. The zero-order valence-electron chi connectivity index (χ0n) is 8.26. The van der Waals surface area contributed by atoms with Gasteiger partial charge in [-0.3, -0.25) is 0 Å². The number of hydrogen-bond acceptors (Lipinski definition) is 0. The van der Waals surface area contributed by atoms with E-state index in [-0.39, 0.29) is 0 Å². The molecule has 0 aliphatic carbocycles. The molecule has 0 radical (unpaired) electrons. The van der Waals surface area contributed by atoms with Gasteiger partial charge in [-0.25, -0.2) is 0 Å². The molecule has 0 aliphatic heterocycles. The molecule has 0 heterocycles. The fourth-order valence-electron chi connectivity index (χ4n) is 1.26. The van der Waals surface area contributed by atoms with E-state index >= 15 is 0 Å². The van der Waals surface area contributed by atoms with Gasteiger partial charge < -0.3 is 0 Å². The molecular weight excluding hydrogens is 236 g/mol. The van der Waals surface area contributed by atoms with Gasteiger partial charge in [0, 0.05) is 4.47 Å². The first-order chi connectivity index (χ1) is 6.69. The monoisotopic (exact) mass is 248 g/mol. The summed E-state index contributed by atoms with van der Waals surface area (Å²) in [6, 6.07) is 8.21. The van der Waals surface area contributed by atoms with E-state index in [2.05, 4.69) is 48.1 Å². The van der Waals surface area contributed by atoms with Crippen LogP contribution in [0.25, 0.3) is 5.57 Å². The van der Waals surface area contributed by atoms with Crippen molar-refractivity contribution in [2.45, 2.75) is 6.92 Å². The van der Waals surface area contributed by atoms with Gasteiger partial charge in [-0.2, -0.15) is 0 Å². The Morgan fingerprint density at radius 3 is 2.07 bits per heavy atom. The molecule has 1 aromatic rings. The number of halogens is 1. The number of rotatable bonds is 3. The Labute approximate surface area is 93.8 Å². The molecule has 0 amide bonds. The lowest BCUT2D eigenvalue weighted by Gasteiger charge is -2.04. The summed E-state index contributed by atoms with van der Waals surface area (Å²) < 4.78 is 1.09. The van der Waals surface area contributed by atoms with Crippen LogP contribution in [0.1, 0.15) is 12.5 Å². The molecule has 14 heavy (non-hydrogen) atoms. The van der Waals surface area contributed by atoms with E-state index in [0.29, 0.717) is 0 Å². The molecule has 0 spiro atoms. The molecular formula is C13H13Br. The second-order valence-electron chi connectivity index (χ2n) is 3.00. The minimum absolute atomic E-state index is 1.08. The molecule has 1 heteroatoms. The predicted molar refractivity (Wildman–Crippen MR) is 67.1 cm³/mol. The molecule has 0 saturated carbocycles. The van der Waals surface area contributed by atoms with Gasteiger partial charge in [-0.15, -0.1) is 0 Å². The highest BCUT2D eigenvalue weighted by Crippen LogP contribution is 2.21. The Balaban J connectivity index is 3.16. The normalized spacial score (nSPS) is 9.29. The van der Waals surface area contributed by atoms with Crippen molar-refractivity contribution >= 4 is 21.5 Å². The lowest BCUT2D eigenvalue weighted by Crippen LogP contribution is -1.83. The number of benzene rings is 1. The van der Waals surface area contributed by atoms with Crippen molar-refractivity contribution in [3.63, 3.8) is 0 Å². The van der Waals surface area contributed by atoms with Gasteiger partial charge in [-0.1, -0.05) is 53.4 Å². The third kappa shape index (κ3) is 2.46. The first kappa shape index (κ1) is 11.0. The van der Waals surface area contributed by atoms with Crippen LogP contribution in [0.3, 0.4) is 0 Å². The molecule has 72 valence electrons. The third-order valence-electron chi connectivity index (χ3n) is 2.15. The van der Waals surface area contributed by atoms with Gasteiger partial charge >= 0.3 is 0 Å². The summed E-state index contributed by atoms with van der Waals surface area (Å²) in [5, 5.41) is 0. The summed E-state index contributed by atoms with van der Waals surface area (Å²) in [7, 11) is 0. The van der Waals surface area contributed by atoms with Gasteiger partial charge in [0.25, 0.3) is 0 Å². The second kappa shape index (κ2) is 4.97. The van der Waals surface area contributed by atoms with Crippen LogP contribution in [0, 0.1) is 0 Å². The maximum absolute atomic E-state index is 3.76. The maximum Gasteiger partial charge on any atom is 0.0175 e. The molecule has 0 unspecified atom stereocenters. The van der Waals surface area contributed by atoms with Crippen LogP contribution in [-0.4, -0.2) is 0 Å². The van der Waals surface area contributed by atoms with Crippen LogP contribution in [-0.2, 0) is 0 Å². The molecule has 1 aromatic carbocycles. The van der Waals surface area contributed by atoms with Crippen molar-refractivity contribution in [1.82, 2.24) is 0 Å². The summed E-state index contributed by atoms with van der Waals surface area (Å²) in [5.41, 5.74) is 3.47. The molecule has 0 aromatic heterocycles. The van der Waals surface area contributed by atoms with E-state index in [9.17, 15) is 0 Å². The minimum atomic E-state index is 1.08. The van der Waals surface area contributed by atoms with Crippen molar-refractivity contribution in [2.75, 3.05) is 0 Å². The molecule has 0 fully saturated rings. The number of allylic oxidation sites excluding steroid dienone is 4. The standard InChI is InChI=1S/C13H13Br/c1-4-11(5-2)10(3)12-6-8-13(14)9-7-12/h4-9H,1-2H2,3H3. The highest BCUT2D eigenvalue weighted by atomic mass is 79.9. The molecule has 1 rings (SSSR count). The van der Waals surface area contributed by atoms with Gasteiger partial charge in [0.15, 0.2) is 0 Å². The first-order valence-corrected chi connectivity index (χ1v) is 5.20. The van der Waals surface area contributed by atoms with E-state index in [1.54, 1.807) is 0 Å². The predicted octanol–water partition coefficient (Wildman–Crippen LogP) is 4.59. The molecule has 0 atom stereocenters. The Hall–Kier alpha value is -1.08. The van der Waals surface area contributed by atoms with E-state index in [4.69, 9.17) is 0 Å². The second-order valence-corrected chi connectivity index (χ2v) is 3.91. The van der Waals surface area contributed by atoms with Crippen molar-refractivity contribution in [3.05, 3.63) is 65.2 Å². The van der Waals surface area contributed by atoms with Crippen molar-refractivity contribution in [2.24, 2.45) is 0 Å². The highest BCUT2D eigenvalue weighted by molar-refractivity contribution is 9.10. The van der Waals surface area contributed by atoms with Gasteiger partial charge in [0.1, 0.15) is 0 Å². The van der Waals surface area contributed by atoms with Crippen molar-refractivity contribution in [3.8, 4) is 0 Å². The van der Waals surface area contributed by atoms with E-state index in [1.807, 2.05) is 24.3 Å². The van der Waals surface area contributed by atoms with Crippen LogP contribution in [0.15, 0.2) is 59.6 Å². The van der Waals surface area contributed by atoms with Crippen LogP contribution >= 0.6 is 15.9 Å². The van der Waals surface area contributed by atoms with Gasteiger partial charge in [0.05, 0.1) is 0 Å². The summed E-state index contributed by atoms with van der Waals surface area (Å²) in [5.74, 6) is 0. The SMILES string of the molecule is C=CC(C=C)=C(C)c1ccc(Br)cc1. The summed E-state index contributed by atoms with van der Waals surface area (Å²) in [4.78, 5) is 0. The van der Waals surface area contributed by atoms with Gasteiger partial charge in [0.2, 0.25) is 0 Å².